The molecule has 3 aromatic carbocycles. The van der Waals surface area contributed by atoms with Gasteiger partial charge in [-0.15, -0.1) is 0 Å². The molecule has 0 radical (unpaired) electrons. The highest BCUT2D eigenvalue weighted by Crippen LogP contribution is 2.25. The predicted octanol–water partition coefficient (Wildman–Crippen LogP) is 5.48. The van der Waals surface area contributed by atoms with Crippen LogP contribution in [-0.2, 0) is 11.2 Å². The second-order valence-electron chi connectivity index (χ2n) is 7.69. The molecule has 2 heterocycles. The van der Waals surface area contributed by atoms with Crippen molar-refractivity contribution in [1.29, 1.82) is 0 Å². The van der Waals surface area contributed by atoms with Crippen LogP contribution in [-0.4, -0.2) is 20.7 Å². The molecule has 0 unspecified atom stereocenters. The zero-order valence-electron chi connectivity index (χ0n) is 17.9. The van der Waals surface area contributed by atoms with E-state index in [2.05, 4.69) is 15.4 Å². The van der Waals surface area contributed by atoms with Crippen LogP contribution in [0.25, 0.3) is 28.2 Å². The SMILES string of the molecule is Cc1nn(-c2ccccc2)c(C)c1CC(=O)Nc1ccc(-c2nc3ccccc3o2)cc1. The molecule has 32 heavy (non-hydrogen) atoms. The van der Waals surface area contributed by atoms with Gasteiger partial charge >= 0.3 is 0 Å². The Bertz CT molecular complexity index is 1370. The van der Waals surface area contributed by atoms with Crippen molar-refractivity contribution >= 4 is 22.7 Å². The first-order chi connectivity index (χ1) is 15.6. The molecular weight excluding hydrogens is 400 g/mol. The Hall–Kier alpha value is -4.19. The Labute approximate surface area is 185 Å². The highest BCUT2D eigenvalue weighted by Gasteiger charge is 2.16. The number of oxazole rings is 1. The first-order valence-electron chi connectivity index (χ1n) is 10.4. The van der Waals surface area contributed by atoms with Gasteiger partial charge in [-0.3, -0.25) is 4.79 Å². The van der Waals surface area contributed by atoms with Crippen molar-refractivity contribution in [2.75, 3.05) is 5.32 Å². The number of nitrogens with one attached hydrogen (secondary N) is 1. The monoisotopic (exact) mass is 422 g/mol. The summed E-state index contributed by atoms with van der Waals surface area (Å²) in [4.78, 5) is 17.2. The van der Waals surface area contributed by atoms with Crippen LogP contribution in [0, 0.1) is 13.8 Å². The molecule has 0 saturated heterocycles. The van der Waals surface area contributed by atoms with Gasteiger partial charge in [0, 0.05) is 22.5 Å². The van der Waals surface area contributed by atoms with E-state index in [-0.39, 0.29) is 12.3 Å². The molecule has 0 spiro atoms. The van der Waals surface area contributed by atoms with Crippen LogP contribution in [0.5, 0.6) is 0 Å². The number of aryl methyl sites for hydroxylation is 1. The van der Waals surface area contributed by atoms with Crippen molar-refractivity contribution in [2.45, 2.75) is 20.3 Å². The third kappa shape index (κ3) is 3.78. The molecule has 0 fully saturated rings. The molecule has 0 saturated carbocycles. The Morgan fingerprint density at radius 1 is 0.938 bits per heavy atom. The highest BCUT2D eigenvalue weighted by atomic mass is 16.3. The first-order valence-corrected chi connectivity index (χ1v) is 10.4. The first kappa shape index (κ1) is 19.8. The summed E-state index contributed by atoms with van der Waals surface area (Å²) in [5.41, 5.74) is 6.89. The van der Waals surface area contributed by atoms with E-state index in [0.29, 0.717) is 5.89 Å². The molecule has 5 aromatic rings. The van der Waals surface area contributed by atoms with Gasteiger partial charge in [0.1, 0.15) is 5.52 Å². The number of nitrogens with zero attached hydrogens (tertiary/aromatic N) is 3. The van der Waals surface area contributed by atoms with E-state index < -0.39 is 0 Å². The maximum atomic E-state index is 12.7. The lowest BCUT2D eigenvalue weighted by atomic mass is 10.1. The smallest absolute Gasteiger partial charge is 0.228 e. The molecule has 0 aliphatic rings. The molecule has 0 bridgehead atoms. The molecule has 0 aliphatic carbocycles. The van der Waals surface area contributed by atoms with Crippen LogP contribution in [0.1, 0.15) is 17.0 Å². The van der Waals surface area contributed by atoms with E-state index in [1.165, 1.54) is 0 Å². The van der Waals surface area contributed by atoms with Crippen molar-refractivity contribution in [2.24, 2.45) is 0 Å². The number of carbonyl (C=O) groups is 1. The fourth-order valence-corrected chi connectivity index (χ4v) is 3.81. The van der Waals surface area contributed by atoms with Crippen LogP contribution in [0.15, 0.2) is 83.3 Å². The summed E-state index contributed by atoms with van der Waals surface area (Å²) in [6, 6.07) is 25.1. The maximum Gasteiger partial charge on any atom is 0.228 e. The number of fused-ring (bicyclic) bond motifs is 1. The fraction of sp³-hybridized carbons (Fsp3) is 0.115. The normalized spacial score (nSPS) is 11.1. The zero-order chi connectivity index (χ0) is 22.1. The molecule has 158 valence electrons. The Kier molecular flexibility index (Phi) is 5.03. The molecular formula is C26H22N4O2. The summed E-state index contributed by atoms with van der Waals surface area (Å²) < 4.78 is 7.69. The molecule has 6 nitrogen and oxygen atoms in total. The van der Waals surface area contributed by atoms with Crippen LogP contribution >= 0.6 is 0 Å². The number of para-hydroxylation sites is 3. The Balaban J connectivity index is 1.30. The summed E-state index contributed by atoms with van der Waals surface area (Å²) in [6.45, 7) is 3.93. The van der Waals surface area contributed by atoms with E-state index >= 15 is 0 Å². The summed E-state index contributed by atoms with van der Waals surface area (Å²) in [5.74, 6) is 0.474. The lowest BCUT2D eigenvalue weighted by Crippen LogP contribution is -2.15. The largest absolute Gasteiger partial charge is 0.436 e. The highest BCUT2D eigenvalue weighted by molar-refractivity contribution is 5.92. The Morgan fingerprint density at radius 3 is 2.41 bits per heavy atom. The molecule has 1 N–H and O–H groups in total. The van der Waals surface area contributed by atoms with Crippen LogP contribution in [0.3, 0.4) is 0 Å². The zero-order valence-corrected chi connectivity index (χ0v) is 17.9. The average Bonchev–Trinajstić information content (AvgIpc) is 3.37. The molecule has 2 aromatic heterocycles. The number of hydrogen-bond acceptors (Lipinski definition) is 4. The van der Waals surface area contributed by atoms with Gasteiger partial charge in [-0.2, -0.15) is 5.10 Å². The van der Waals surface area contributed by atoms with E-state index in [1.807, 2.05) is 97.4 Å². The van der Waals surface area contributed by atoms with Gasteiger partial charge in [-0.1, -0.05) is 30.3 Å². The topological polar surface area (TPSA) is 73.0 Å². The van der Waals surface area contributed by atoms with Crippen molar-refractivity contribution in [3.05, 3.63) is 95.8 Å². The van der Waals surface area contributed by atoms with Crippen molar-refractivity contribution in [3.63, 3.8) is 0 Å². The number of anilines is 1. The van der Waals surface area contributed by atoms with Crippen LogP contribution < -0.4 is 5.32 Å². The van der Waals surface area contributed by atoms with Crippen LogP contribution in [0.4, 0.5) is 5.69 Å². The third-order valence-electron chi connectivity index (χ3n) is 5.49. The lowest BCUT2D eigenvalue weighted by molar-refractivity contribution is -0.115. The summed E-state index contributed by atoms with van der Waals surface area (Å²) in [6.07, 6.45) is 0.261. The summed E-state index contributed by atoms with van der Waals surface area (Å²) >= 11 is 0. The minimum absolute atomic E-state index is 0.0848. The van der Waals surface area contributed by atoms with Crippen molar-refractivity contribution in [3.8, 4) is 17.1 Å². The van der Waals surface area contributed by atoms with Gasteiger partial charge in [-0.25, -0.2) is 9.67 Å². The maximum absolute atomic E-state index is 12.7. The molecule has 0 atom stereocenters. The van der Waals surface area contributed by atoms with Gasteiger partial charge in [0.05, 0.1) is 17.8 Å². The fourth-order valence-electron chi connectivity index (χ4n) is 3.81. The number of hydrogen-bond donors (Lipinski definition) is 1. The van der Waals surface area contributed by atoms with E-state index in [4.69, 9.17) is 4.42 Å². The van der Waals surface area contributed by atoms with Gasteiger partial charge in [0.25, 0.3) is 0 Å². The van der Waals surface area contributed by atoms with E-state index in [1.54, 1.807) is 0 Å². The van der Waals surface area contributed by atoms with Crippen molar-refractivity contribution in [1.82, 2.24) is 14.8 Å². The number of amides is 1. The number of rotatable bonds is 5. The Morgan fingerprint density at radius 2 is 1.66 bits per heavy atom. The second-order valence-corrected chi connectivity index (χ2v) is 7.69. The minimum Gasteiger partial charge on any atom is -0.436 e. The number of benzene rings is 3. The van der Waals surface area contributed by atoms with E-state index in [9.17, 15) is 4.79 Å². The molecule has 0 aliphatic heterocycles. The molecule has 6 heteroatoms. The molecule has 1 amide bonds. The van der Waals surface area contributed by atoms with Gasteiger partial charge in [0.2, 0.25) is 11.8 Å². The van der Waals surface area contributed by atoms with Gasteiger partial charge < -0.3 is 9.73 Å². The predicted molar refractivity (Wildman–Crippen MR) is 125 cm³/mol. The summed E-state index contributed by atoms with van der Waals surface area (Å²) in [7, 11) is 0. The third-order valence-corrected chi connectivity index (χ3v) is 5.49. The number of aromatic nitrogens is 3. The van der Waals surface area contributed by atoms with E-state index in [0.717, 1.165) is 45.0 Å². The van der Waals surface area contributed by atoms with Gasteiger partial charge in [-0.05, 0) is 62.4 Å². The lowest BCUT2D eigenvalue weighted by Gasteiger charge is -2.07. The number of carbonyl (C=O) groups excluding carboxylic acids is 1. The minimum atomic E-state index is -0.0848. The van der Waals surface area contributed by atoms with Crippen LogP contribution in [0.2, 0.25) is 0 Å². The second kappa shape index (κ2) is 8.15. The standard InChI is InChI=1S/C26H22N4O2/c1-17-22(18(2)30(29-17)21-8-4-3-5-9-21)16-25(31)27-20-14-12-19(13-15-20)26-28-23-10-6-7-11-24(23)32-26/h3-15H,16H2,1-2H3,(H,27,31). The quantitative estimate of drug-likeness (QED) is 0.407. The van der Waals surface area contributed by atoms with Crippen molar-refractivity contribution < 1.29 is 9.21 Å². The molecule has 5 rings (SSSR count). The average molecular weight is 422 g/mol. The van der Waals surface area contributed by atoms with Gasteiger partial charge in [0.15, 0.2) is 5.58 Å². The summed E-state index contributed by atoms with van der Waals surface area (Å²) in [5, 5.41) is 7.60.